The van der Waals surface area contributed by atoms with Crippen LogP contribution >= 0.6 is 7.82 Å². The van der Waals surface area contributed by atoms with Crippen LogP contribution in [0, 0.1) is 0 Å². The van der Waals surface area contributed by atoms with Crippen molar-refractivity contribution in [3.63, 3.8) is 0 Å². The second kappa shape index (κ2) is 53.0. The van der Waals surface area contributed by atoms with Crippen LogP contribution in [-0.4, -0.2) is 64.9 Å². The highest BCUT2D eigenvalue weighted by atomic mass is 31.2. The molecule has 0 aliphatic rings. The fourth-order valence-corrected chi connectivity index (χ4v) is 8.43. The van der Waals surface area contributed by atoms with Gasteiger partial charge in [0.05, 0.1) is 13.2 Å². The van der Waals surface area contributed by atoms with E-state index in [0.29, 0.717) is 19.3 Å². The predicted octanol–water partition coefficient (Wildman–Crippen LogP) is 16.2. The number of allylic oxidation sites excluding steroid dienone is 14. The summed E-state index contributed by atoms with van der Waals surface area (Å²) in [4.78, 5) is 46.2. The van der Waals surface area contributed by atoms with Crippen LogP contribution in [0.4, 0.5) is 0 Å². The van der Waals surface area contributed by atoms with Crippen molar-refractivity contribution in [1.29, 1.82) is 0 Å². The molecular weight excluding hydrogens is 914 g/mol. The van der Waals surface area contributed by atoms with Gasteiger partial charge < -0.3 is 25.2 Å². The Morgan fingerprint density at radius 1 is 0.465 bits per heavy atom. The van der Waals surface area contributed by atoms with Crippen molar-refractivity contribution >= 4 is 25.7 Å². The highest BCUT2D eigenvalue weighted by Gasteiger charge is 2.28. The maximum absolute atomic E-state index is 12.4. The van der Waals surface area contributed by atoms with Crippen molar-refractivity contribution < 1.29 is 47.8 Å². The Labute approximate surface area is 432 Å². The van der Waals surface area contributed by atoms with E-state index in [9.17, 15) is 34.1 Å². The largest absolute Gasteiger partial charge is 0.480 e. The number of carboxylic acids is 1. The molecule has 3 unspecified atom stereocenters. The van der Waals surface area contributed by atoms with E-state index in [0.717, 1.165) is 64.2 Å². The lowest BCUT2D eigenvalue weighted by Gasteiger charge is -2.18. The van der Waals surface area contributed by atoms with Gasteiger partial charge in [-0.3, -0.25) is 18.6 Å². The van der Waals surface area contributed by atoms with Crippen LogP contribution in [0.15, 0.2) is 85.1 Å². The van der Waals surface area contributed by atoms with Gasteiger partial charge in [0.25, 0.3) is 0 Å². The number of aliphatic hydroxyl groups excluding tert-OH is 1. The van der Waals surface area contributed by atoms with Gasteiger partial charge in [0.15, 0.2) is 6.04 Å². The SMILES string of the molecule is CC/C=C\C/C=C\C/C=C\C/C=C\C/C=C\C/C=C\C/C=C\CCCC(=O)OCC(O)COP(=O)(O)OCC(NC(=O)CCCCCCCCCCCCCCCCCCCCCCCCCC)C(=O)O. The molecule has 71 heavy (non-hydrogen) atoms. The van der Waals surface area contributed by atoms with Gasteiger partial charge in [-0.25, -0.2) is 9.36 Å². The highest BCUT2D eigenvalue weighted by molar-refractivity contribution is 7.47. The molecule has 3 atom stereocenters. The molecule has 0 aromatic heterocycles. The number of hydrogen-bond donors (Lipinski definition) is 4. The number of amides is 1. The lowest BCUT2D eigenvalue weighted by molar-refractivity contribution is -0.147. The van der Waals surface area contributed by atoms with Crippen LogP contribution in [0.5, 0.6) is 0 Å². The Hall–Kier alpha value is -3.34. The molecule has 0 fully saturated rings. The minimum absolute atomic E-state index is 0.140. The van der Waals surface area contributed by atoms with Gasteiger partial charge in [0, 0.05) is 12.8 Å². The van der Waals surface area contributed by atoms with Crippen LogP contribution in [0.1, 0.15) is 239 Å². The van der Waals surface area contributed by atoms with E-state index >= 15 is 0 Å². The number of nitrogens with one attached hydrogen (secondary N) is 1. The molecule has 1 amide bonds. The molecule has 0 aromatic rings. The molecule has 0 rings (SSSR count). The second-order valence-electron chi connectivity index (χ2n) is 18.8. The molecular formula is C59H102NO10P. The Morgan fingerprint density at radius 2 is 0.817 bits per heavy atom. The van der Waals surface area contributed by atoms with E-state index in [1.807, 2.05) is 12.2 Å². The quantitative estimate of drug-likeness (QED) is 0.0199. The van der Waals surface area contributed by atoms with E-state index in [-0.39, 0.29) is 12.8 Å². The summed E-state index contributed by atoms with van der Waals surface area (Å²) in [5.41, 5.74) is 0. The first-order chi connectivity index (χ1) is 34.6. The third-order valence-corrected chi connectivity index (χ3v) is 12.9. The molecule has 0 bridgehead atoms. The summed E-state index contributed by atoms with van der Waals surface area (Å²) in [5.74, 6) is -2.43. The molecule has 0 aliphatic carbocycles. The molecule has 4 N–H and O–H groups in total. The lowest BCUT2D eigenvalue weighted by atomic mass is 10.0. The highest BCUT2D eigenvalue weighted by Crippen LogP contribution is 2.43. The van der Waals surface area contributed by atoms with E-state index in [4.69, 9.17) is 13.8 Å². The number of rotatable bonds is 52. The van der Waals surface area contributed by atoms with Crippen LogP contribution in [0.3, 0.4) is 0 Å². The zero-order valence-corrected chi connectivity index (χ0v) is 45.6. The first-order valence-electron chi connectivity index (χ1n) is 28.1. The summed E-state index contributed by atoms with van der Waals surface area (Å²) >= 11 is 0. The molecule has 0 aliphatic heterocycles. The number of esters is 1. The Balaban J connectivity index is 3.86. The molecule has 0 spiro atoms. The number of phosphoric ester groups is 1. The molecule has 0 saturated carbocycles. The summed E-state index contributed by atoms with van der Waals surface area (Å²) in [6.45, 7) is 2.46. The number of carbonyl (C=O) groups is 3. The lowest BCUT2D eigenvalue weighted by Crippen LogP contribution is -2.43. The monoisotopic (exact) mass is 1020 g/mol. The maximum Gasteiger partial charge on any atom is 0.472 e. The minimum atomic E-state index is -4.78. The van der Waals surface area contributed by atoms with Crippen molar-refractivity contribution in [3.05, 3.63) is 85.1 Å². The van der Waals surface area contributed by atoms with Gasteiger partial charge in [-0.2, -0.15) is 0 Å². The van der Waals surface area contributed by atoms with E-state index in [2.05, 4.69) is 92.1 Å². The van der Waals surface area contributed by atoms with Crippen LogP contribution < -0.4 is 5.32 Å². The molecule has 408 valence electrons. The first kappa shape index (κ1) is 67.7. The summed E-state index contributed by atoms with van der Waals surface area (Å²) in [6.07, 6.45) is 67.6. The topological polar surface area (TPSA) is 169 Å². The number of phosphoric acid groups is 1. The fraction of sp³-hybridized carbons (Fsp3) is 0.712. The number of carboxylic acid groups (broad SMARTS) is 1. The molecule has 0 saturated heterocycles. The van der Waals surface area contributed by atoms with Gasteiger partial charge in [-0.05, 0) is 64.2 Å². The third-order valence-electron chi connectivity index (χ3n) is 11.9. The minimum Gasteiger partial charge on any atom is -0.480 e. The van der Waals surface area contributed by atoms with Gasteiger partial charge in [0.1, 0.15) is 12.7 Å². The van der Waals surface area contributed by atoms with Crippen LogP contribution in [0.25, 0.3) is 0 Å². The zero-order valence-electron chi connectivity index (χ0n) is 44.8. The van der Waals surface area contributed by atoms with Gasteiger partial charge in [-0.1, -0.05) is 247 Å². The van der Waals surface area contributed by atoms with Crippen molar-refractivity contribution in [1.82, 2.24) is 5.32 Å². The summed E-state index contributed by atoms with van der Waals surface area (Å²) in [5, 5.41) is 22.0. The summed E-state index contributed by atoms with van der Waals surface area (Å²) in [6, 6.07) is -1.56. The average molecular weight is 1020 g/mol. The van der Waals surface area contributed by atoms with E-state index in [1.54, 1.807) is 0 Å². The van der Waals surface area contributed by atoms with Crippen molar-refractivity contribution in [3.8, 4) is 0 Å². The number of ether oxygens (including phenoxy) is 1. The maximum atomic E-state index is 12.4. The number of aliphatic carboxylic acids is 1. The first-order valence-corrected chi connectivity index (χ1v) is 29.6. The Kier molecular flexibility index (Phi) is 50.5. The second-order valence-corrected chi connectivity index (χ2v) is 20.2. The van der Waals surface area contributed by atoms with Gasteiger partial charge >= 0.3 is 19.8 Å². The fourth-order valence-electron chi connectivity index (χ4n) is 7.66. The molecule has 12 heteroatoms. The number of aliphatic hydroxyl groups is 1. The smallest absolute Gasteiger partial charge is 0.472 e. The summed E-state index contributed by atoms with van der Waals surface area (Å²) < 4.78 is 27.0. The van der Waals surface area contributed by atoms with Crippen LogP contribution in [-0.2, 0) is 32.7 Å². The average Bonchev–Trinajstić information content (AvgIpc) is 3.35. The standard InChI is InChI=1S/C59H102NO10P/c1-3-5-7-9-11-13-15-17-19-21-23-25-27-29-30-32-34-36-38-40-42-44-46-48-50-57(62)60-56(59(64)65)54-70-71(66,67)69-53-55(61)52-68-58(63)51-49-47-45-43-41-39-37-35-33-31-28-26-24-22-20-18-16-14-12-10-8-6-4-2/h6,8,12,14,18,20,24,26,31,33,37,39,43,45,55-56,61H,3-5,7,9-11,13,15-17,19,21-23,25,27-30,32,34-36,38,40-42,44,46-54H2,1-2H3,(H,60,62)(H,64,65)(H,66,67)/b8-6-,14-12-,20-18-,26-24-,33-31-,39-37-,45-43-. The summed E-state index contributed by atoms with van der Waals surface area (Å²) in [7, 11) is -4.78. The van der Waals surface area contributed by atoms with Crippen LogP contribution in [0.2, 0.25) is 0 Å². The predicted molar refractivity (Wildman–Crippen MR) is 295 cm³/mol. The van der Waals surface area contributed by atoms with Crippen molar-refractivity contribution in [2.75, 3.05) is 19.8 Å². The molecule has 0 heterocycles. The molecule has 0 radical (unpaired) electrons. The number of carbonyl (C=O) groups excluding carboxylic acids is 2. The van der Waals surface area contributed by atoms with Crippen molar-refractivity contribution in [2.24, 2.45) is 0 Å². The van der Waals surface area contributed by atoms with E-state index < -0.39 is 57.6 Å². The normalized spacial score (nSPS) is 14.1. The Bertz CT molecular complexity index is 1520. The van der Waals surface area contributed by atoms with E-state index in [1.165, 1.54) is 128 Å². The van der Waals surface area contributed by atoms with Gasteiger partial charge in [-0.15, -0.1) is 0 Å². The van der Waals surface area contributed by atoms with Crippen molar-refractivity contribution in [2.45, 2.75) is 251 Å². The zero-order chi connectivity index (χ0) is 52.0. The number of unbranched alkanes of at least 4 members (excludes halogenated alkanes) is 24. The molecule has 11 nitrogen and oxygen atoms in total. The Morgan fingerprint density at radius 3 is 1.20 bits per heavy atom. The molecule has 0 aromatic carbocycles. The number of hydrogen-bond acceptors (Lipinski definition) is 8. The van der Waals surface area contributed by atoms with Gasteiger partial charge in [0.2, 0.25) is 5.91 Å². The third kappa shape index (κ3) is 52.8.